The summed E-state index contributed by atoms with van der Waals surface area (Å²) in [4.78, 5) is 0. The van der Waals surface area contributed by atoms with Gasteiger partial charge in [0.15, 0.2) is 0 Å². The van der Waals surface area contributed by atoms with Crippen LogP contribution >= 0.6 is 0 Å². The molecule has 2 aliphatic carbocycles. The summed E-state index contributed by atoms with van der Waals surface area (Å²) in [6, 6.07) is 47.5. The van der Waals surface area contributed by atoms with Crippen LogP contribution < -0.4 is 0 Å². The molecule has 2 aromatic heterocycles. The molecule has 0 atom stereocenters. The summed E-state index contributed by atoms with van der Waals surface area (Å²) >= 11 is 0. The maximum Gasteiger partial charge on any atom is 0.0541 e. The Labute approximate surface area is 274 Å². The molecule has 2 heteroatoms. The normalized spacial score (nSPS) is 15.1. The van der Waals surface area contributed by atoms with Crippen LogP contribution in [-0.4, -0.2) is 9.13 Å². The highest BCUT2D eigenvalue weighted by Gasteiger charge is 2.36. The number of nitrogens with zero attached hydrogens (tertiary/aromatic N) is 2. The lowest BCUT2D eigenvalue weighted by Crippen LogP contribution is -2.15. The second-order valence-corrected chi connectivity index (χ2v) is 13.7. The molecule has 0 bridgehead atoms. The average Bonchev–Trinajstić information content (AvgIpc) is 3.71. The predicted octanol–water partition coefficient (Wildman–Crippen LogP) is 12.1. The van der Waals surface area contributed by atoms with Gasteiger partial charge in [0.1, 0.15) is 0 Å². The van der Waals surface area contributed by atoms with E-state index >= 15 is 0 Å². The minimum Gasteiger partial charge on any atom is -0.313 e. The Morgan fingerprint density at radius 3 is 1.96 bits per heavy atom. The van der Waals surface area contributed by atoms with Crippen molar-refractivity contribution in [3.63, 3.8) is 0 Å². The first-order valence-electron chi connectivity index (χ1n) is 16.8. The molecule has 0 radical (unpaired) electrons. The van der Waals surface area contributed by atoms with Crippen molar-refractivity contribution in [3.05, 3.63) is 157 Å². The molecule has 0 saturated heterocycles. The van der Waals surface area contributed by atoms with Crippen molar-refractivity contribution >= 4 is 49.3 Å². The lowest BCUT2D eigenvalue weighted by atomic mass is 9.82. The maximum absolute atomic E-state index is 2.54. The third-order valence-corrected chi connectivity index (χ3v) is 10.8. The van der Waals surface area contributed by atoms with Crippen molar-refractivity contribution in [1.82, 2.24) is 9.13 Å². The summed E-state index contributed by atoms with van der Waals surface area (Å²) in [6.45, 7) is 4.75. The van der Waals surface area contributed by atoms with Gasteiger partial charge in [0.2, 0.25) is 0 Å². The van der Waals surface area contributed by atoms with Gasteiger partial charge in [-0.3, -0.25) is 0 Å². The van der Waals surface area contributed by atoms with E-state index in [1.807, 2.05) is 0 Å². The van der Waals surface area contributed by atoms with Crippen LogP contribution in [0.3, 0.4) is 0 Å². The van der Waals surface area contributed by atoms with Gasteiger partial charge in [0.25, 0.3) is 0 Å². The highest BCUT2D eigenvalue weighted by atomic mass is 15.0. The molecule has 10 rings (SSSR count). The zero-order valence-electron chi connectivity index (χ0n) is 26.7. The number of allylic oxidation sites excluding steroid dienone is 4. The molecular weight excluding hydrogens is 569 g/mol. The summed E-state index contributed by atoms with van der Waals surface area (Å²) in [5.41, 5.74) is 15.6. The Kier molecular flexibility index (Phi) is 5.49. The van der Waals surface area contributed by atoms with Crippen LogP contribution in [0.2, 0.25) is 0 Å². The third-order valence-electron chi connectivity index (χ3n) is 10.8. The lowest BCUT2D eigenvalue weighted by molar-refractivity contribution is 0.661. The Balaban J connectivity index is 1.22. The number of fused-ring (bicyclic) bond motifs is 9. The Morgan fingerprint density at radius 1 is 0.511 bits per heavy atom. The third kappa shape index (κ3) is 3.73. The van der Waals surface area contributed by atoms with Crippen LogP contribution in [0.1, 0.15) is 37.8 Å². The van der Waals surface area contributed by atoms with Gasteiger partial charge >= 0.3 is 0 Å². The van der Waals surface area contributed by atoms with Gasteiger partial charge in [-0.1, -0.05) is 98.8 Å². The fourth-order valence-corrected chi connectivity index (χ4v) is 8.49. The van der Waals surface area contributed by atoms with E-state index in [0.29, 0.717) is 0 Å². The number of benzene rings is 6. The molecule has 224 valence electrons. The van der Waals surface area contributed by atoms with E-state index in [2.05, 4.69) is 169 Å². The van der Waals surface area contributed by atoms with E-state index in [1.165, 1.54) is 88.4 Å². The van der Waals surface area contributed by atoms with Crippen LogP contribution in [0.25, 0.3) is 77.2 Å². The van der Waals surface area contributed by atoms with Gasteiger partial charge in [-0.15, -0.1) is 0 Å². The average molecular weight is 603 g/mol. The van der Waals surface area contributed by atoms with Crippen molar-refractivity contribution in [1.29, 1.82) is 0 Å². The molecule has 0 aliphatic heterocycles. The highest BCUT2D eigenvalue weighted by molar-refractivity contribution is 6.14. The van der Waals surface area contributed by atoms with Crippen LogP contribution in [0.5, 0.6) is 0 Å². The van der Waals surface area contributed by atoms with Crippen molar-refractivity contribution in [3.8, 4) is 27.9 Å². The van der Waals surface area contributed by atoms with E-state index in [4.69, 9.17) is 0 Å². The molecule has 47 heavy (non-hydrogen) atoms. The number of hydrogen-bond acceptors (Lipinski definition) is 0. The van der Waals surface area contributed by atoms with E-state index in [0.717, 1.165) is 12.8 Å². The van der Waals surface area contributed by atoms with Crippen molar-refractivity contribution in [2.75, 3.05) is 0 Å². The zero-order chi connectivity index (χ0) is 31.3. The number of rotatable bonds is 3. The van der Waals surface area contributed by atoms with Gasteiger partial charge in [0, 0.05) is 38.3 Å². The van der Waals surface area contributed by atoms with E-state index in [-0.39, 0.29) is 5.41 Å². The molecule has 0 saturated carbocycles. The summed E-state index contributed by atoms with van der Waals surface area (Å²) in [5.74, 6) is 0. The zero-order valence-corrected chi connectivity index (χ0v) is 26.7. The van der Waals surface area contributed by atoms with Gasteiger partial charge in [-0.2, -0.15) is 0 Å². The van der Waals surface area contributed by atoms with E-state index in [9.17, 15) is 0 Å². The summed E-state index contributed by atoms with van der Waals surface area (Å²) in [7, 11) is 0. The molecule has 0 unspecified atom stereocenters. The molecular formula is C45H34N2. The topological polar surface area (TPSA) is 9.86 Å². The fourth-order valence-electron chi connectivity index (χ4n) is 8.49. The first kappa shape index (κ1) is 26.6. The summed E-state index contributed by atoms with van der Waals surface area (Å²) < 4.78 is 4.92. The minimum atomic E-state index is -0.0399. The second kappa shape index (κ2) is 9.70. The molecule has 6 aromatic carbocycles. The standard InChI is InChI=1S/C45H34N2/c1-45(2)39-19-11-9-17-33(39)35-27-38-37-26-30(22-24-43(37)47(44(38)28-40(35)45)32-15-7-4-8-16-32)29-21-23-42-36(25-29)34-18-10-12-20-41(34)46(42)31-13-5-3-6-14-31/h3-7,9-15,17-28H,8,16H2,1-2H3. The smallest absolute Gasteiger partial charge is 0.0541 e. The largest absolute Gasteiger partial charge is 0.313 e. The fraction of sp³-hybridized carbons (Fsp3) is 0.111. The molecule has 8 aromatic rings. The summed E-state index contributed by atoms with van der Waals surface area (Å²) in [5, 5.41) is 5.19. The first-order chi connectivity index (χ1) is 23.1. The van der Waals surface area contributed by atoms with E-state index < -0.39 is 0 Å². The quantitative estimate of drug-likeness (QED) is 0.190. The van der Waals surface area contributed by atoms with Crippen LogP contribution in [0, 0.1) is 0 Å². The van der Waals surface area contributed by atoms with Crippen molar-refractivity contribution < 1.29 is 0 Å². The predicted molar refractivity (Wildman–Crippen MR) is 199 cm³/mol. The molecule has 2 heterocycles. The number of para-hydroxylation sites is 2. The van der Waals surface area contributed by atoms with Gasteiger partial charge in [-0.25, -0.2) is 0 Å². The minimum absolute atomic E-state index is 0.0399. The number of hydrogen-bond donors (Lipinski definition) is 0. The molecule has 2 nitrogen and oxygen atoms in total. The van der Waals surface area contributed by atoms with Gasteiger partial charge in [0.05, 0.1) is 22.1 Å². The first-order valence-corrected chi connectivity index (χ1v) is 16.8. The maximum atomic E-state index is 2.54. The Morgan fingerprint density at radius 2 is 1.17 bits per heavy atom. The molecule has 2 aliphatic rings. The van der Waals surface area contributed by atoms with Crippen LogP contribution in [0.15, 0.2) is 146 Å². The molecule has 0 N–H and O–H groups in total. The molecule has 0 fully saturated rings. The number of aromatic nitrogens is 2. The Bertz CT molecular complexity index is 2640. The molecule has 0 amide bonds. The monoisotopic (exact) mass is 602 g/mol. The van der Waals surface area contributed by atoms with Crippen LogP contribution in [-0.2, 0) is 5.41 Å². The SMILES string of the molecule is CC1(C)c2ccccc2-c2cc3c4cc(-c5ccc6c(c5)c5ccccc5n6-c5ccccc5)ccc4n(C4=CC=CCC4)c3cc21. The van der Waals surface area contributed by atoms with Crippen molar-refractivity contribution in [2.24, 2.45) is 0 Å². The second-order valence-electron chi connectivity index (χ2n) is 13.7. The highest BCUT2D eigenvalue weighted by Crippen LogP contribution is 2.51. The Hall–Kier alpha value is -5.60. The van der Waals surface area contributed by atoms with E-state index in [1.54, 1.807) is 0 Å². The summed E-state index contributed by atoms with van der Waals surface area (Å²) in [6.07, 6.45) is 8.92. The van der Waals surface area contributed by atoms with Gasteiger partial charge in [-0.05, 0) is 107 Å². The molecule has 0 spiro atoms. The van der Waals surface area contributed by atoms with Gasteiger partial charge < -0.3 is 9.13 Å². The lowest BCUT2D eigenvalue weighted by Gasteiger charge is -2.22. The van der Waals surface area contributed by atoms with Crippen molar-refractivity contribution in [2.45, 2.75) is 32.1 Å². The van der Waals surface area contributed by atoms with Crippen LogP contribution in [0.4, 0.5) is 0 Å².